The molecule has 3 aromatic rings. The van der Waals surface area contributed by atoms with E-state index in [1.54, 1.807) is 30.3 Å². The molecule has 8 nitrogen and oxygen atoms in total. The number of carbonyl (C=O) groups excluding carboxylic acids is 3. The normalized spacial score (nSPS) is 10.5. The lowest BCUT2D eigenvalue weighted by atomic mass is 10.2. The van der Waals surface area contributed by atoms with Gasteiger partial charge in [0.1, 0.15) is 5.75 Å². The monoisotopic (exact) mass is 391 g/mol. The first-order valence-electron chi connectivity index (χ1n) is 8.63. The fraction of sp³-hybridized carbons (Fsp3) is 0.0476. The van der Waals surface area contributed by atoms with Crippen LogP contribution in [0.25, 0.3) is 0 Å². The second kappa shape index (κ2) is 9.65. The van der Waals surface area contributed by atoms with Crippen LogP contribution < -0.4 is 15.5 Å². The molecule has 0 saturated heterocycles. The van der Waals surface area contributed by atoms with E-state index in [0.29, 0.717) is 5.56 Å². The standard InChI is InChI=1S/C21H17N3O5/c25-19(22-13-15-6-2-1-3-7-15)20(26)24-23-14-16-8-4-9-17(12-16)29-21(27)18-10-5-11-28-18/h1-12,14H,13H2,(H,22,25)(H,24,26)/b23-14+. The second-order valence-corrected chi connectivity index (χ2v) is 5.81. The van der Waals surface area contributed by atoms with Crippen LogP contribution >= 0.6 is 0 Å². The van der Waals surface area contributed by atoms with Gasteiger partial charge in [-0.25, -0.2) is 10.2 Å². The molecule has 1 aromatic heterocycles. The number of carbonyl (C=O) groups is 3. The first-order chi connectivity index (χ1) is 14.1. The molecule has 0 unspecified atom stereocenters. The molecule has 1 heterocycles. The molecular weight excluding hydrogens is 374 g/mol. The molecule has 3 rings (SSSR count). The maximum Gasteiger partial charge on any atom is 0.379 e. The van der Waals surface area contributed by atoms with Crippen molar-refractivity contribution in [3.63, 3.8) is 0 Å². The third-order valence-corrected chi connectivity index (χ3v) is 3.67. The topological polar surface area (TPSA) is 110 Å². The van der Waals surface area contributed by atoms with Crippen LogP contribution in [0.5, 0.6) is 5.75 Å². The number of hydrazone groups is 1. The number of benzene rings is 2. The van der Waals surface area contributed by atoms with Gasteiger partial charge in [0.15, 0.2) is 0 Å². The van der Waals surface area contributed by atoms with Crippen molar-refractivity contribution in [1.29, 1.82) is 0 Å². The number of esters is 1. The zero-order valence-corrected chi connectivity index (χ0v) is 15.2. The Hall–Kier alpha value is -4.20. The average molecular weight is 391 g/mol. The van der Waals surface area contributed by atoms with E-state index in [0.717, 1.165) is 5.56 Å². The molecule has 0 radical (unpaired) electrons. The summed E-state index contributed by atoms with van der Waals surface area (Å²) < 4.78 is 10.2. The quantitative estimate of drug-likeness (QED) is 0.220. The maximum absolute atomic E-state index is 11.9. The predicted octanol–water partition coefficient (Wildman–Crippen LogP) is 2.27. The van der Waals surface area contributed by atoms with Crippen LogP contribution in [0.15, 0.2) is 82.5 Å². The van der Waals surface area contributed by atoms with Crippen molar-refractivity contribution in [3.05, 3.63) is 89.9 Å². The van der Waals surface area contributed by atoms with Crippen molar-refractivity contribution in [1.82, 2.24) is 10.7 Å². The fourth-order valence-electron chi connectivity index (χ4n) is 2.29. The zero-order valence-electron chi connectivity index (χ0n) is 15.2. The van der Waals surface area contributed by atoms with Crippen molar-refractivity contribution < 1.29 is 23.5 Å². The molecule has 0 aliphatic rings. The average Bonchev–Trinajstić information content (AvgIpc) is 3.28. The number of hydrogen-bond acceptors (Lipinski definition) is 6. The summed E-state index contributed by atoms with van der Waals surface area (Å²) in [4.78, 5) is 35.4. The van der Waals surface area contributed by atoms with Crippen LogP contribution in [0, 0.1) is 0 Å². The maximum atomic E-state index is 11.9. The Bertz CT molecular complexity index is 1010. The number of nitrogens with zero attached hydrogens (tertiary/aromatic N) is 1. The van der Waals surface area contributed by atoms with Crippen molar-refractivity contribution in [2.45, 2.75) is 6.54 Å². The number of rotatable bonds is 6. The van der Waals surface area contributed by atoms with E-state index in [-0.39, 0.29) is 18.1 Å². The molecule has 0 aliphatic carbocycles. The van der Waals surface area contributed by atoms with Gasteiger partial charge in [0.2, 0.25) is 5.76 Å². The molecule has 8 heteroatoms. The predicted molar refractivity (Wildman–Crippen MR) is 104 cm³/mol. The molecular formula is C21H17N3O5. The van der Waals surface area contributed by atoms with E-state index in [1.165, 1.54) is 18.5 Å². The van der Waals surface area contributed by atoms with Gasteiger partial charge in [0.25, 0.3) is 0 Å². The highest BCUT2D eigenvalue weighted by Gasteiger charge is 2.12. The molecule has 0 atom stereocenters. The summed E-state index contributed by atoms with van der Waals surface area (Å²) in [6, 6.07) is 18.8. The highest BCUT2D eigenvalue weighted by molar-refractivity contribution is 6.35. The van der Waals surface area contributed by atoms with Gasteiger partial charge in [-0.2, -0.15) is 5.10 Å². The van der Waals surface area contributed by atoms with Crippen LogP contribution in [-0.2, 0) is 16.1 Å². The number of nitrogens with one attached hydrogen (secondary N) is 2. The van der Waals surface area contributed by atoms with Gasteiger partial charge in [0, 0.05) is 6.54 Å². The number of amides is 2. The van der Waals surface area contributed by atoms with Crippen LogP contribution in [0.4, 0.5) is 0 Å². The lowest BCUT2D eigenvalue weighted by Crippen LogP contribution is -2.37. The summed E-state index contributed by atoms with van der Waals surface area (Å²) in [6.45, 7) is 0.236. The Labute approximate surface area is 166 Å². The van der Waals surface area contributed by atoms with Crippen molar-refractivity contribution in [2.75, 3.05) is 0 Å². The number of furan rings is 1. The summed E-state index contributed by atoms with van der Waals surface area (Å²) in [7, 11) is 0. The Balaban J connectivity index is 1.50. The summed E-state index contributed by atoms with van der Waals surface area (Å²) in [5.74, 6) is -1.96. The minimum Gasteiger partial charge on any atom is -0.457 e. The number of hydrogen-bond donors (Lipinski definition) is 2. The van der Waals surface area contributed by atoms with Gasteiger partial charge in [-0.05, 0) is 35.4 Å². The Morgan fingerprint density at radius 2 is 1.79 bits per heavy atom. The van der Waals surface area contributed by atoms with Gasteiger partial charge < -0.3 is 14.5 Å². The molecule has 0 fully saturated rings. The van der Waals surface area contributed by atoms with Gasteiger partial charge in [-0.3, -0.25) is 9.59 Å². The Morgan fingerprint density at radius 1 is 0.966 bits per heavy atom. The van der Waals surface area contributed by atoms with Gasteiger partial charge in [-0.15, -0.1) is 0 Å². The second-order valence-electron chi connectivity index (χ2n) is 5.81. The lowest BCUT2D eigenvalue weighted by Gasteiger charge is -2.04. The van der Waals surface area contributed by atoms with E-state index in [4.69, 9.17) is 9.15 Å². The summed E-state index contributed by atoms with van der Waals surface area (Å²) in [5, 5.41) is 6.24. The first-order valence-corrected chi connectivity index (χ1v) is 8.63. The zero-order chi connectivity index (χ0) is 20.5. The van der Waals surface area contributed by atoms with Gasteiger partial charge in [-0.1, -0.05) is 42.5 Å². The van der Waals surface area contributed by atoms with E-state index in [2.05, 4.69) is 15.8 Å². The van der Waals surface area contributed by atoms with E-state index in [1.807, 2.05) is 30.3 Å². The lowest BCUT2D eigenvalue weighted by molar-refractivity contribution is -0.139. The van der Waals surface area contributed by atoms with Gasteiger partial charge in [0.05, 0.1) is 12.5 Å². The summed E-state index contributed by atoms with van der Waals surface area (Å²) in [5.41, 5.74) is 3.57. The molecule has 0 spiro atoms. The van der Waals surface area contributed by atoms with Crippen LogP contribution in [0.3, 0.4) is 0 Å². The summed E-state index contributed by atoms with van der Waals surface area (Å²) in [6.07, 6.45) is 2.70. The molecule has 0 saturated carbocycles. The third kappa shape index (κ3) is 5.90. The highest BCUT2D eigenvalue weighted by atomic mass is 16.5. The molecule has 2 amide bonds. The SMILES string of the molecule is O=C(NCc1ccccc1)C(=O)N/N=C/c1cccc(OC(=O)c2ccco2)c1. The van der Waals surface area contributed by atoms with E-state index in [9.17, 15) is 14.4 Å². The highest BCUT2D eigenvalue weighted by Crippen LogP contribution is 2.14. The largest absolute Gasteiger partial charge is 0.457 e. The van der Waals surface area contributed by atoms with Crippen molar-refractivity contribution in [3.8, 4) is 5.75 Å². The first kappa shape index (κ1) is 19.6. The molecule has 2 N–H and O–H groups in total. The fourth-order valence-corrected chi connectivity index (χ4v) is 2.29. The minimum atomic E-state index is -0.891. The van der Waals surface area contributed by atoms with Crippen LogP contribution in [0.2, 0.25) is 0 Å². The molecule has 146 valence electrons. The number of ether oxygens (including phenoxy) is 1. The minimum absolute atomic E-state index is 0.0813. The third-order valence-electron chi connectivity index (χ3n) is 3.67. The molecule has 29 heavy (non-hydrogen) atoms. The van der Waals surface area contributed by atoms with Crippen LogP contribution in [-0.4, -0.2) is 24.0 Å². The van der Waals surface area contributed by atoms with E-state index < -0.39 is 17.8 Å². The van der Waals surface area contributed by atoms with Crippen LogP contribution in [0.1, 0.15) is 21.7 Å². The molecule has 0 aliphatic heterocycles. The summed E-state index contributed by atoms with van der Waals surface area (Å²) >= 11 is 0. The van der Waals surface area contributed by atoms with Crippen molar-refractivity contribution in [2.24, 2.45) is 5.10 Å². The van der Waals surface area contributed by atoms with Crippen molar-refractivity contribution >= 4 is 24.0 Å². The van der Waals surface area contributed by atoms with Gasteiger partial charge >= 0.3 is 17.8 Å². The molecule has 0 bridgehead atoms. The Morgan fingerprint density at radius 3 is 2.55 bits per heavy atom. The van der Waals surface area contributed by atoms with E-state index >= 15 is 0 Å². The Kier molecular flexibility index (Phi) is 6.51. The molecule has 2 aromatic carbocycles. The smallest absolute Gasteiger partial charge is 0.379 e.